The van der Waals surface area contributed by atoms with Crippen molar-refractivity contribution in [3.8, 4) is 0 Å². The smallest absolute Gasteiger partial charge is 0.281 e. The largest absolute Gasteiger partial charge is 0.314 e. The molecule has 2 atom stereocenters. The lowest BCUT2D eigenvalue weighted by Gasteiger charge is -2.38. The Morgan fingerprint density at radius 3 is 2.33 bits per heavy atom. The van der Waals surface area contributed by atoms with Gasteiger partial charge in [0.25, 0.3) is 10.2 Å². The van der Waals surface area contributed by atoms with Crippen molar-refractivity contribution in [2.75, 3.05) is 32.7 Å². The van der Waals surface area contributed by atoms with Crippen molar-refractivity contribution < 1.29 is 8.42 Å². The molecule has 0 spiro atoms. The number of hydrogen-bond acceptors (Lipinski definition) is 3. The zero-order valence-corrected chi connectivity index (χ0v) is 13.9. The van der Waals surface area contributed by atoms with Gasteiger partial charge in [-0.1, -0.05) is 6.92 Å². The number of nitrogens with zero attached hydrogens (tertiary/aromatic N) is 2. The lowest BCUT2D eigenvalue weighted by atomic mass is 10.00. The van der Waals surface area contributed by atoms with Crippen LogP contribution in [0.2, 0.25) is 0 Å². The molecule has 1 N–H and O–H groups in total. The second-order valence-corrected chi connectivity index (χ2v) is 9.09. The van der Waals surface area contributed by atoms with Crippen molar-refractivity contribution in [1.29, 1.82) is 0 Å². The summed E-state index contributed by atoms with van der Waals surface area (Å²) >= 11 is 0. The normalized spacial score (nSPS) is 33.2. The van der Waals surface area contributed by atoms with Gasteiger partial charge in [-0.25, -0.2) is 0 Å². The van der Waals surface area contributed by atoms with Gasteiger partial charge < -0.3 is 5.32 Å². The molecule has 1 saturated carbocycles. The summed E-state index contributed by atoms with van der Waals surface area (Å²) in [4.78, 5) is 0. The molecular formula is C15H29N3O2S. The van der Waals surface area contributed by atoms with Crippen LogP contribution in [-0.4, -0.2) is 55.8 Å². The first kappa shape index (κ1) is 15.7. The first-order valence-corrected chi connectivity index (χ1v) is 9.94. The summed E-state index contributed by atoms with van der Waals surface area (Å²) < 4.78 is 29.1. The maximum Gasteiger partial charge on any atom is 0.281 e. The molecule has 0 bridgehead atoms. The standard InChI is InChI=1S/C15H29N3O2S/c1-13-4-2-8-17(11-13)21(19,20)18-9-3-5-14(12-18)10-16-15-6-7-15/h13-16H,2-12H2,1H3. The summed E-state index contributed by atoms with van der Waals surface area (Å²) in [6, 6.07) is 0.708. The SMILES string of the molecule is CC1CCCN(S(=O)(=O)N2CCCC(CNC3CC3)C2)C1. The monoisotopic (exact) mass is 315 g/mol. The van der Waals surface area contributed by atoms with E-state index in [-0.39, 0.29) is 0 Å². The summed E-state index contributed by atoms with van der Waals surface area (Å²) in [5, 5.41) is 3.55. The Hall–Kier alpha value is -0.170. The Labute approximate surface area is 129 Å². The lowest BCUT2D eigenvalue weighted by Crippen LogP contribution is -2.51. The molecule has 3 aliphatic rings. The molecule has 0 aromatic rings. The maximum absolute atomic E-state index is 12.8. The Morgan fingerprint density at radius 2 is 1.67 bits per heavy atom. The molecule has 6 heteroatoms. The van der Waals surface area contributed by atoms with Crippen LogP contribution in [0.3, 0.4) is 0 Å². The summed E-state index contributed by atoms with van der Waals surface area (Å²) in [6.07, 6.45) is 6.89. The van der Waals surface area contributed by atoms with Crippen LogP contribution in [0.1, 0.15) is 45.4 Å². The second-order valence-electron chi connectivity index (χ2n) is 7.16. The van der Waals surface area contributed by atoms with Gasteiger partial charge in [-0.15, -0.1) is 0 Å². The van der Waals surface area contributed by atoms with Crippen molar-refractivity contribution >= 4 is 10.2 Å². The number of hydrogen-bond donors (Lipinski definition) is 1. The first-order valence-electron chi connectivity index (χ1n) is 8.54. The highest BCUT2D eigenvalue weighted by atomic mass is 32.2. The highest BCUT2D eigenvalue weighted by molar-refractivity contribution is 7.86. The Bertz CT molecular complexity index is 450. The number of piperidine rings is 2. The van der Waals surface area contributed by atoms with Crippen LogP contribution in [0.15, 0.2) is 0 Å². The van der Waals surface area contributed by atoms with Gasteiger partial charge in [0.05, 0.1) is 0 Å². The average Bonchev–Trinajstić information content (AvgIpc) is 3.30. The van der Waals surface area contributed by atoms with E-state index in [4.69, 9.17) is 0 Å². The molecule has 3 fully saturated rings. The minimum atomic E-state index is -3.23. The van der Waals surface area contributed by atoms with Crippen LogP contribution in [0.5, 0.6) is 0 Å². The van der Waals surface area contributed by atoms with Crippen LogP contribution in [0, 0.1) is 11.8 Å². The van der Waals surface area contributed by atoms with Crippen LogP contribution >= 0.6 is 0 Å². The minimum Gasteiger partial charge on any atom is -0.314 e. The predicted molar refractivity (Wildman–Crippen MR) is 84.2 cm³/mol. The van der Waals surface area contributed by atoms with Gasteiger partial charge in [0.15, 0.2) is 0 Å². The van der Waals surface area contributed by atoms with Gasteiger partial charge in [-0.3, -0.25) is 0 Å². The molecule has 21 heavy (non-hydrogen) atoms. The molecule has 2 aliphatic heterocycles. The fourth-order valence-corrected chi connectivity index (χ4v) is 5.43. The molecule has 0 aromatic heterocycles. The Kier molecular flexibility index (Phi) is 4.88. The molecule has 3 rings (SSSR count). The third-order valence-corrected chi connectivity index (χ3v) is 7.00. The zero-order valence-electron chi connectivity index (χ0n) is 13.1. The molecule has 2 saturated heterocycles. The van der Waals surface area contributed by atoms with Crippen LogP contribution in [-0.2, 0) is 10.2 Å². The summed E-state index contributed by atoms with van der Waals surface area (Å²) in [5.74, 6) is 0.974. The molecule has 0 radical (unpaired) electrons. The molecule has 122 valence electrons. The van der Waals surface area contributed by atoms with Crippen molar-refractivity contribution in [3.05, 3.63) is 0 Å². The van der Waals surface area contributed by atoms with E-state index in [9.17, 15) is 8.42 Å². The van der Waals surface area contributed by atoms with E-state index < -0.39 is 10.2 Å². The van der Waals surface area contributed by atoms with E-state index in [2.05, 4.69) is 12.2 Å². The fraction of sp³-hybridized carbons (Fsp3) is 1.00. The average molecular weight is 315 g/mol. The highest BCUT2D eigenvalue weighted by Gasteiger charge is 2.35. The zero-order chi connectivity index (χ0) is 14.9. The van der Waals surface area contributed by atoms with E-state index in [1.807, 2.05) is 0 Å². The highest BCUT2D eigenvalue weighted by Crippen LogP contribution is 2.26. The van der Waals surface area contributed by atoms with Crippen molar-refractivity contribution in [2.24, 2.45) is 11.8 Å². The van der Waals surface area contributed by atoms with E-state index in [0.717, 1.165) is 32.2 Å². The van der Waals surface area contributed by atoms with Crippen LogP contribution in [0.4, 0.5) is 0 Å². The van der Waals surface area contributed by atoms with Crippen molar-refractivity contribution in [3.63, 3.8) is 0 Å². The molecule has 1 aliphatic carbocycles. The number of rotatable bonds is 5. The quantitative estimate of drug-likeness (QED) is 0.835. The van der Waals surface area contributed by atoms with E-state index in [0.29, 0.717) is 44.1 Å². The van der Waals surface area contributed by atoms with E-state index in [1.54, 1.807) is 8.61 Å². The lowest BCUT2D eigenvalue weighted by molar-refractivity contribution is 0.220. The topological polar surface area (TPSA) is 52.7 Å². The molecule has 2 unspecified atom stereocenters. The third kappa shape index (κ3) is 3.97. The van der Waals surface area contributed by atoms with Gasteiger partial charge in [0.1, 0.15) is 0 Å². The summed E-state index contributed by atoms with van der Waals surface area (Å²) in [5.41, 5.74) is 0. The van der Waals surface area contributed by atoms with E-state index in [1.165, 1.54) is 12.8 Å². The predicted octanol–water partition coefficient (Wildman–Crippen LogP) is 1.43. The number of nitrogens with one attached hydrogen (secondary N) is 1. The van der Waals surface area contributed by atoms with Crippen molar-refractivity contribution in [1.82, 2.24) is 13.9 Å². The molecular weight excluding hydrogens is 286 g/mol. The van der Waals surface area contributed by atoms with Crippen LogP contribution in [0.25, 0.3) is 0 Å². The van der Waals surface area contributed by atoms with E-state index >= 15 is 0 Å². The first-order chi connectivity index (χ1) is 10.1. The fourth-order valence-electron chi connectivity index (χ4n) is 3.54. The summed E-state index contributed by atoms with van der Waals surface area (Å²) in [7, 11) is -3.23. The molecule has 5 nitrogen and oxygen atoms in total. The third-order valence-electron chi connectivity index (χ3n) is 5.03. The second kappa shape index (κ2) is 6.52. The van der Waals surface area contributed by atoms with Gasteiger partial charge in [0, 0.05) is 32.2 Å². The Morgan fingerprint density at radius 1 is 1.00 bits per heavy atom. The van der Waals surface area contributed by atoms with Gasteiger partial charge >= 0.3 is 0 Å². The Balaban J connectivity index is 1.58. The molecule has 0 amide bonds. The minimum absolute atomic E-state index is 0.483. The van der Waals surface area contributed by atoms with Gasteiger partial charge in [0.2, 0.25) is 0 Å². The molecule has 0 aromatic carbocycles. The van der Waals surface area contributed by atoms with Gasteiger partial charge in [-0.05, 0) is 56.9 Å². The van der Waals surface area contributed by atoms with Gasteiger partial charge in [-0.2, -0.15) is 17.0 Å². The maximum atomic E-state index is 12.8. The molecule has 2 heterocycles. The summed E-state index contributed by atoms with van der Waals surface area (Å²) in [6.45, 7) is 5.94. The van der Waals surface area contributed by atoms with Crippen molar-refractivity contribution in [2.45, 2.75) is 51.5 Å². The van der Waals surface area contributed by atoms with Crippen LogP contribution < -0.4 is 5.32 Å².